The van der Waals surface area contributed by atoms with Crippen molar-refractivity contribution in [2.45, 2.75) is 12.0 Å². The summed E-state index contributed by atoms with van der Waals surface area (Å²) in [6.45, 7) is 1.38. The van der Waals surface area contributed by atoms with Gasteiger partial charge in [0.2, 0.25) is 0 Å². The first kappa shape index (κ1) is 14.9. The van der Waals surface area contributed by atoms with Crippen LogP contribution < -0.4 is 4.90 Å². The van der Waals surface area contributed by atoms with Gasteiger partial charge in [-0.3, -0.25) is 9.78 Å². The van der Waals surface area contributed by atoms with Crippen LogP contribution in [-0.2, 0) is 0 Å². The summed E-state index contributed by atoms with van der Waals surface area (Å²) in [7, 11) is 1.69. The number of anilines is 1. The number of hydrogen-bond acceptors (Lipinski definition) is 7. The fraction of sp³-hybridized carbons (Fsp3) is 0.429. The monoisotopic (exact) mass is 319 g/mol. The fourth-order valence-corrected chi connectivity index (χ4v) is 3.19. The van der Waals surface area contributed by atoms with Crippen molar-refractivity contribution in [3.63, 3.8) is 0 Å². The molecule has 1 fully saturated rings. The van der Waals surface area contributed by atoms with E-state index in [0.717, 1.165) is 5.82 Å². The molecule has 0 radical (unpaired) electrons. The highest BCUT2D eigenvalue weighted by atomic mass is 32.1. The average molecular weight is 319 g/mol. The van der Waals surface area contributed by atoms with E-state index >= 15 is 0 Å². The van der Waals surface area contributed by atoms with E-state index < -0.39 is 5.60 Å². The molecule has 1 aliphatic heterocycles. The Labute approximate surface area is 132 Å². The van der Waals surface area contributed by atoms with Crippen molar-refractivity contribution < 1.29 is 9.90 Å². The predicted molar refractivity (Wildman–Crippen MR) is 82.9 cm³/mol. The molecule has 7 nitrogen and oxygen atoms in total. The van der Waals surface area contributed by atoms with Crippen molar-refractivity contribution in [1.82, 2.24) is 19.9 Å². The number of hydrogen-bond donors (Lipinski definition) is 1. The minimum Gasteiger partial charge on any atom is -0.386 e. The molecule has 22 heavy (non-hydrogen) atoms. The summed E-state index contributed by atoms with van der Waals surface area (Å²) in [5.74, 6) is 0.569. The largest absolute Gasteiger partial charge is 0.386 e. The van der Waals surface area contributed by atoms with E-state index in [-0.39, 0.29) is 12.5 Å². The van der Waals surface area contributed by atoms with Crippen LogP contribution in [0.3, 0.4) is 0 Å². The number of aromatic nitrogens is 3. The Morgan fingerprint density at radius 1 is 1.50 bits per heavy atom. The first-order valence-electron chi connectivity index (χ1n) is 6.94. The number of amides is 1. The van der Waals surface area contributed by atoms with Gasteiger partial charge in [-0.15, -0.1) is 11.3 Å². The van der Waals surface area contributed by atoms with Gasteiger partial charge in [0.05, 0.1) is 18.3 Å². The summed E-state index contributed by atoms with van der Waals surface area (Å²) in [4.78, 5) is 28.0. The SMILES string of the molecule is CN(C[C@]1(O)CCN(c2cnccn2)C1)C(=O)c1cscn1. The Kier molecular flexibility index (Phi) is 4.04. The smallest absolute Gasteiger partial charge is 0.273 e. The van der Waals surface area contributed by atoms with E-state index in [0.29, 0.717) is 25.2 Å². The van der Waals surface area contributed by atoms with Crippen LogP contribution in [0.25, 0.3) is 0 Å². The molecule has 1 amide bonds. The van der Waals surface area contributed by atoms with Crippen LogP contribution >= 0.6 is 11.3 Å². The maximum atomic E-state index is 12.2. The summed E-state index contributed by atoms with van der Waals surface area (Å²) in [6.07, 6.45) is 5.50. The molecule has 1 N–H and O–H groups in total. The molecule has 2 aromatic heterocycles. The van der Waals surface area contributed by atoms with Crippen LogP contribution in [0, 0.1) is 0 Å². The van der Waals surface area contributed by atoms with Crippen LogP contribution in [0.5, 0.6) is 0 Å². The molecule has 0 spiro atoms. The van der Waals surface area contributed by atoms with Gasteiger partial charge in [0.25, 0.3) is 5.91 Å². The molecule has 1 saturated heterocycles. The summed E-state index contributed by atoms with van der Waals surface area (Å²) >= 11 is 1.38. The van der Waals surface area contributed by atoms with Crippen molar-refractivity contribution in [3.8, 4) is 0 Å². The van der Waals surface area contributed by atoms with Crippen LogP contribution in [0.1, 0.15) is 16.9 Å². The number of carbonyl (C=O) groups excluding carboxylic acids is 1. The highest BCUT2D eigenvalue weighted by molar-refractivity contribution is 7.07. The fourth-order valence-electron chi connectivity index (χ4n) is 2.66. The van der Waals surface area contributed by atoms with Gasteiger partial charge in [-0.25, -0.2) is 9.97 Å². The van der Waals surface area contributed by atoms with E-state index in [1.807, 2.05) is 4.90 Å². The van der Waals surface area contributed by atoms with E-state index in [4.69, 9.17) is 0 Å². The molecule has 0 bridgehead atoms. The van der Waals surface area contributed by atoms with Gasteiger partial charge in [0, 0.05) is 37.9 Å². The molecule has 0 aliphatic carbocycles. The molecule has 3 rings (SSSR count). The summed E-state index contributed by atoms with van der Waals surface area (Å²) < 4.78 is 0. The van der Waals surface area contributed by atoms with E-state index in [9.17, 15) is 9.90 Å². The van der Waals surface area contributed by atoms with Gasteiger partial charge in [0.15, 0.2) is 0 Å². The number of carbonyl (C=O) groups is 1. The Balaban J connectivity index is 1.64. The second kappa shape index (κ2) is 5.98. The maximum absolute atomic E-state index is 12.2. The third-order valence-electron chi connectivity index (χ3n) is 3.74. The van der Waals surface area contributed by atoms with Crippen molar-refractivity contribution in [1.29, 1.82) is 0 Å². The summed E-state index contributed by atoms with van der Waals surface area (Å²) in [5, 5.41) is 12.4. The van der Waals surface area contributed by atoms with E-state index in [1.54, 1.807) is 36.5 Å². The number of aliphatic hydroxyl groups is 1. The average Bonchev–Trinajstić information content (AvgIpc) is 3.17. The van der Waals surface area contributed by atoms with Crippen molar-refractivity contribution in [2.75, 3.05) is 31.6 Å². The number of rotatable bonds is 4. The Morgan fingerprint density at radius 3 is 3.05 bits per heavy atom. The van der Waals surface area contributed by atoms with Gasteiger partial charge in [-0.2, -0.15) is 0 Å². The number of thiazole rings is 1. The normalized spacial score (nSPS) is 21.1. The molecule has 1 aliphatic rings. The van der Waals surface area contributed by atoms with E-state index in [2.05, 4.69) is 15.0 Å². The topological polar surface area (TPSA) is 82.5 Å². The minimum absolute atomic E-state index is 0.173. The van der Waals surface area contributed by atoms with Crippen LogP contribution in [0.15, 0.2) is 29.5 Å². The van der Waals surface area contributed by atoms with Gasteiger partial charge in [0.1, 0.15) is 17.1 Å². The van der Waals surface area contributed by atoms with E-state index in [1.165, 1.54) is 16.2 Å². The molecule has 0 unspecified atom stereocenters. The first-order chi connectivity index (χ1) is 10.6. The van der Waals surface area contributed by atoms with Crippen molar-refractivity contribution in [3.05, 3.63) is 35.2 Å². The molecule has 0 saturated carbocycles. The zero-order chi connectivity index (χ0) is 15.6. The maximum Gasteiger partial charge on any atom is 0.273 e. The van der Waals surface area contributed by atoms with Crippen LogP contribution in [-0.4, -0.2) is 63.1 Å². The third-order valence-corrected chi connectivity index (χ3v) is 4.32. The number of β-amino-alcohol motifs (C(OH)–C–C–N with tert-alkyl or cyclic N) is 1. The zero-order valence-corrected chi connectivity index (χ0v) is 13.0. The molecular formula is C14H17N5O2S. The number of likely N-dealkylation sites (N-methyl/N-ethyl adjacent to an activating group) is 1. The van der Waals surface area contributed by atoms with Crippen molar-refractivity contribution in [2.24, 2.45) is 0 Å². The summed E-state index contributed by atoms with van der Waals surface area (Å²) in [5.41, 5.74) is 1.10. The zero-order valence-electron chi connectivity index (χ0n) is 12.2. The minimum atomic E-state index is -0.946. The summed E-state index contributed by atoms with van der Waals surface area (Å²) in [6, 6.07) is 0. The molecule has 0 aromatic carbocycles. The Bertz CT molecular complexity index is 636. The van der Waals surface area contributed by atoms with Gasteiger partial charge in [-0.1, -0.05) is 0 Å². The highest BCUT2D eigenvalue weighted by Gasteiger charge is 2.38. The third kappa shape index (κ3) is 3.07. The lowest BCUT2D eigenvalue weighted by Crippen LogP contribution is -2.46. The van der Waals surface area contributed by atoms with Gasteiger partial charge in [-0.05, 0) is 6.42 Å². The van der Waals surface area contributed by atoms with Crippen LogP contribution in [0.2, 0.25) is 0 Å². The van der Waals surface area contributed by atoms with Crippen molar-refractivity contribution >= 4 is 23.1 Å². The lowest BCUT2D eigenvalue weighted by atomic mass is 10.0. The van der Waals surface area contributed by atoms with Gasteiger partial charge < -0.3 is 14.9 Å². The predicted octanol–water partition coefficient (Wildman–Crippen LogP) is 0.646. The highest BCUT2D eigenvalue weighted by Crippen LogP contribution is 2.26. The molecule has 2 aromatic rings. The first-order valence-corrected chi connectivity index (χ1v) is 7.89. The Hall–Kier alpha value is -2.06. The van der Waals surface area contributed by atoms with Crippen LogP contribution in [0.4, 0.5) is 5.82 Å². The Morgan fingerprint density at radius 2 is 2.36 bits per heavy atom. The lowest BCUT2D eigenvalue weighted by molar-refractivity contribution is 0.0262. The number of nitrogens with zero attached hydrogens (tertiary/aromatic N) is 5. The molecular weight excluding hydrogens is 302 g/mol. The molecule has 8 heteroatoms. The quantitative estimate of drug-likeness (QED) is 0.891. The van der Waals surface area contributed by atoms with Gasteiger partial charge >= 0.3 is 0 Å². The molecule has 1 atom stereocenters. The standard InChI is InChI=1S/C14H17N5O2S/c1-18(13(20)11-7-22-10-17-11)8-14(21)2-5-19(9-14)12-6-15-3-4-16-12/h3-4,6-7,10,21H,2,5,8-9H2,1H3/t14-/m1/s1. The second-order valence-corrected chi connectivity index (χ2v) is 6.21. The second-order valence-electron chi connectivity index (χ2n) is 5.49. The lowest BCUT2D eigenvalue weighted by Gasteiger charge is -2.28. The molecule has 116 valence electrons. The molecule has 3 heterocycles.